The highest BCUT2D eigenvalue weighted by Gasteiger charge is 2.48. The van der Waals surface area contributed by atoms with Crippen molar-refractivity contribution >= 4 is 46.0 Å². The van der Waals surface area contributed by atoms with Crippen LogP contribution in [-0.2, 0) is 9.59 Å². The Kier molecular flexibility index (Phi) is 6.46. The van der Waals surface area contributed by atoms with Crippen LogP contribution in [0.5, 0.6) is 17.2 Å². The molecule has 1 fully saturated rings. The van der Waals surface area contributed by atoms with E-state index in [9.17, 15) is 19.8 Å². The zero-order valence-corrected chi connectivity index (χ0v) is 21.5. The average Bonchev–Trinajstić information content (AvgIpc) is 3.43. The molecule has 0 saturated carbocycles. The molecule has 3 N–H and O–H groups in total. The third kappa shape index (κ3) is 4.20. The zero-order valence-electron chi connectivity index (χ0n) is 20.8. The minimum Gasteiger partial charge on any atom is -0.507 e. The molecule has 0 bridgehead atoms. The van der Waals surface area contributed by atoms with E-state index in [2.05, 4.69) is 9.97 Å². The average molecular weight is 534 g/mol. The van der Waals surface area contributed by atoms with E-state index in [0.717, 1.165) is 5.56 Å². The number of ether oxygens (including phenoxy) is 2. The van der Waals surface area contributed by atoms with E-state index >= 15 is 0 Å². The number of carbonyl (C=O) groups is 2. The summed E-state index contributed by atoms with van der Waals surface area (Å²) < 4.78 is 10.8. The quantitative estimate of drug-likeness (QED) is 0.175. The number of aromatic hydroxyl groups is 1. The van der Waals surface area contributed by atoms with Crippen molar-refractivity contribution in [1.29, 1.82) is 0 Å². The number of amides is 1. The summed E-state index contributed by atoms with van der Waals surface area (Å²) in [5.74, 6) is -1.70. The maximum atomic E-state index is 13.5. The van der Waals surface area contributed by atoms with Crippen LogP contribution in [0.3, 0.4) is 0 Å². The van der Waals surface area contributed by atoms with Crippen molar-refractivity contribution < 1.29 is 29.3 Å². The van der Waals surface area contributed by atoms with Crippen LogP contribution in [0.1, 0.15) is 29.7 Å². The van der Waals surface area contributed by atoms with Crippen LogP contribution in [0.2, 0.25) is 5.02 Å². The lowest BCUT2D eigenvalue weighted by Gasteiger charge is -2.23. The molecule has 1 unspecified atom stereocenters. The first-order valence-electron chi connectivity index (χ1n) is 11.8. The summed E-state index contributed by atoms with van der Waals surface area (Å²) in [5.41, 5.74) is 2.77. The van der Waals surface area contributed by atoms with Gasteiger partial charge >= 0.3 is 5.91 Å². The second-order valence-corrected chi connectivity index (χ2v) is 9.17. The molecule has 1 aliphatic heterocycles. The first kappa shape index (κ1) is 25.2. The molecule has 1 amide bonds. The Bertz CT molecular complexity index is 1630. The first-order chi connectivity index (χ1) is 18.2. The molecule has 1 saturated heterocycles. The number of aryl methyl sites for hydroxylation is 1. The molecule has 1 atom stereocenters. The predicted octanol–water partition coefficient (Wildman–Crippen LogP) is 5.26. The summed E-state index contributed by atoms with van der Waals surface area (Å²) in [4.78, 5) is 35.8. The van der Waals surface area contributed by atoms with Crippen molar-refractivity contribution in [2.24, 2.45) is 0 Å². The lowest BCUT2D eigenvalue weighted by Crippen LogP contribution is -2.30. The van der Waals surface area contributed by atoms with Crippen molar-refractivity contribution in [3.63, 3.8) is 0 Å². The van der Waals surface area contributed by atoms with Gasteiger partial charge in [0.1, 0.15) is 11.5 Å². The maximum absolute atomic E-state index is 13.5. The van der Waals surface area contributed by atoms with E-state index in [4.69, 9.17) is 21.1 Å². The number of Topliss-reactive ketones (excluding diaryl/α,β-unsaturated/α-hetero) is 1. The van der Waals surface area contributed by atoms with E-state index in [1.165, 1.54) is 42.3 Å². The van der Waals surface area contributed by atoms with Gasteiger partial charge in [-0.3, -0.25) is 14.5 Å². The number of ketones is 1. The van der Waals surface area contributed by atoms with E-state index in [-0.39, 0.29) is 40.9 Å². The van der Waals surface area contributed by atoms with Gasteiger partial charge in [-0.1, -0.05) is 23.7 Å². The number of rotatable bonds is 6. The summed E-state index contributed by atoms with van der Waals surface area (Å²) in [5, 5.41) is 22.0. The Balaban J connectivity index is 1.75. The molecule has 3 aromatic carbocycles. The third-order valence-corrected chi connectivity index (χ3v) is 6.63. The molecule has 1 aromatic heterocycles. The largest absolute Gasteiger partial charge is 0.507 e. The van der Waals surface area contributed by atoms with Crippen LogP contribution < -0.4 is 14.4 Å². The number of nitrogens with one attached hydrogen (secondary N) is 1. The molecule has 10 heteroatoms. The molecular formula is C28H24ClN3O6. The molecule has 0 spiro atoms. The number of imidazole rings is 1. The number of phenols is 1. The van der Waals surface area contributed by atoms with E-state index in [0.29, 0.717) is 21.6 Å². The molecule has 5 rings (SSSR count). The minimum atomic E-state index is -1.09. The number of benzene rings is 3. The zero-order chi connectivity index (χ0) is 27.1. The molecular weight excluding hydrogens is 510 g/mol. The number of H-pyrrole nitrogens is 1. The Morgan fingerprint density at radius 2 is 1.89 bits per heavy atom. The first-order valence-corrected chi connectivity index (χ1v) is 12.2. The number of hydrogen-bond acceptors (Lipinski definition) is 7. The van der Waals surface area contributed by atoms with Gasteiger partial charge in [-0.15, -0.1) is 0 Å². The molecule has 194 valence electrons. The standard InChI is InChI=1S/C28H24ClN3O6/c1-4-38-22-12-15(7-10-20(22)33)24-23(25(34)16-6-8-17(29)21(13-16)37-3)26(35)27(36)32(24)28-30-18-9-5-14(2)11-19(18)31-28/h5-13,24,33-34H,4H2,1-3H3,(H,30,31)/b25-23+. The van der Waals surface area contributed by atoms with Crippen LogP contribution in [0.15, 0.2) is 60.2 Å². The number of fused-ring (bicyclic) bond motifs is 1. The van der Waals surface area contributed by atoms with E-state index in [1.54, 1.807) is 13.0 Å². The number of halogens is 1. The van der Waals surface area contributed by atoms with Gasteiger partial charge in [0.25, 0.3) is 5.78 Å². The smallest absolute Gasteiger partial charge is 0.302 e. The van der Waals surface area contributed by atoms with Gasteiger partial charge in [0.05, 0.1) is 41.4 Å². The third-order valence-electron chi connectivity index (χ3n) is 6.32. The predicted molar refractivity (Wildman–Crippen MR) is 143 cm³/mol. The number of methoxy groups -OCH3 is 1. The SMILES string of the molecule is CCOc1cc(C2/C(=C(\O)c3ccc(Cl)c(OC)c3)C(=O)C(=O)N2c2nc3ccc(C)cc3[nH]2)ccc1O. The van der Waals surface area contributed by atoms with Gasteiger partial charge in [0.15, 0.2) is 11.5 Å². The second-order valence-electron chi connectivity index (χ2n) is 8.76. The van der Waals surface area contributed by atoms with E-state index < -0.39 is 23.5 Å². The number of nitrogens with zero attached hydrogens (tertiary/aromatic N) is 2. The van der Waals surface area contributed by atoms with Gasteiger partial charge in [-0.2, -0.15) is 0 Å². The van der Waals surface area contributed by atoms with Crippen LogP contribution in [-0.4, -0.2) is 45.6 Å². The molecule has 38 heavy (non-hydrogen) atoms. The summed E-state index contributed by atoms with van der Waals surface area (Å²) in [7, 11) is 1.43. The highest BCUT2D eigenvalue weighted by molar-refractivity contribution is 6.51. The Morgan fingerprint density at radius 1 is 1.11 bits per heavy atom. The molecule has 9 nitrogen and oxygen atoms in total. The minimum absolute atomic E-state index is 0.103. The highest BCUT2D eigenvalue weighted by Crippen LogP contribution is 2.44. The Labute approximate surface area is 222 Å². The fraction of sp³-hybridized carbons (Fsp3) is 0.179. The number of aliphatic hydroxyl groups excluding tert-OH is 1. The van der Waals surface area contributed by atoms with Crippen LogP contribution in [0, 0.1) is 6.92 Å². The number of hydrogen-bond donors (Lipinski definition) is 3. The number of carbonyl (C=O) groups excluding carboxylic acids is 2. The molecule has 0 radical (unpaired) electrons. The fourth-order valence-electron chi connectivity index (χ4n) is 4.52. The molecule has 4 aromatic rings. The summed E-state index contributed by atoms with van der Waals surface area (Å²) in [6.45, 7) is 3.98. The number of aromatic amines is 1. The van der Waals surface area contributed by atoms with Crippen molar-refractivity contribution in [3.05, 3.63) is 81.9 Å². The lowest BCUT2D eigenvalue weighted by atomic mass is 9.95. The Hall–Kier alpha value is -4.50. The van der Waals surface area contributed by atoms with Crippen molar-refractivity contribution in [3.8, 4) is 17.2 Å². The van der Waals surface area contributed by atoms with Gasteiger partial charge in [-0.25, -0.2) is 4.98 Å². The lowest BCUT2D eigenvalue weighted by molar-refractivity contribution is -0.132. The number of aliphatic hydroxyl groups is 1. The number of phenolic OH excluding ortho intramolecular Hbond substituents is 1. The number of anilines is 1. The van der Waals surface area contributed by atoms with Gasteiger partial charge in [-0.05, 0) is 67.4 Å². The second kappa shape index (κ2) is 9.75. The summed E-state index contributed by atoms with van der Waals surface area (Å²) in [6, 6.07) is 13.5. The normalized spacial score (nSPS) is 16.8. The van der Waals surface area contributed by atoms with Crippen LogP contribution >= 0.6 is 11.6 Å². The topological polar surface area (TPSA) is 125 Å². The summed E-state index contributed by atoms with van der Waals surface area (Å²) in [6.07, 6.45) is 0. The van der Waals surface area contributed by atoms with Crippen LogP contribution in [0.25, 0.3) is 16.8 Å². The van der Waals surface area contributed by atoms with Crippen molar-refractivity contribution in [2.75, 3.05) is 18.6 Å². The highest BCUT2D eigenvalue weighted by atomic mass is 35.5. The van der Waals surface area contributed by atoms with Crippen molar-refractivity contribution in [2.45, 2.75) is 19.9 Å². The summed E-state index contributed by atoms with van der Waals surface area (Å²) >= 11 is 6.15. The van der Waals surface area contributed by atoms with Gasteiger partial charge in [0, 0.05) is 5.56 Å². The number of aromatic nitrogens is 2. The molecule has 0 aliphatic carbocycles. The Morgan fingerprint density at radius 3 is 2.63 bits per heavy atom. The van der Waals surface area contributed by atoms with Crippen molar-refractivity contribution in [1.82, 2.24) is 9.97 Å². The maximum Gasteiger partial charge on any atom is 0.302 e. The monoisotopic (exact) mass is 533 g/mol. The molecule has 1 aliphatic rings. The van der Waals surface area contributed by atoms with E-state index in [1.807, 2.05) is 25.1 Å². The molecule has 2 heterocycles. The fourth-order valence-corrected chi connectivity index (χ4v) is 4.72. The van der Waals surface area contributed by atoms with Gasteiger partial charge in [0.2, 0.25) is 5.95 Å². The van der Waals surface area contributed by atoms with Gasteiger partial charge < -0.3 is 24.7 Å². The van der Waals surface area contributed by atoms with Crippen LogP contribution in [0.4, 0.5) is 5.95 Å².